The first-order valence-electron chi connectivity index (χ1n) is 8.14. The van der Waals surface area contributed by atoms with Crippen LogP contribution in [-0.2, 0) is 4.79 Å². The van der Waals surface area contributed by atoms with E-state index in [2.05, 4.69) is 35.0 Å². The van der Waals surface area contributed by atoms with Crippen LogP contribution >= 0.6 is 11.6 Å². The van der Waals surface area contributed by atoms with Gasteiger partial charge in [0.15, 0.2) is 0 Å². The van der Waals surface area contributed by atoms with Crippen LogP contribution < -0.4 is 10.2 Å². The Morgan fingerprint density at radius 3 is 2.50 bits per heavy atom. The first-order valence-corrected chi connectivity index (χ1v) is 8.52. The molecular formula is C17H26ClN3O. The van der Waals surface area contributed by atoms with Crippen LogP contribution in [0.4, 0.5) is 5.69 Å². The quantitative estimate of drug-likeness (QED) is 0.874. The Morgan fingerprint density at radius 2 is 1.91 bits per heavy atom. The minimum absolute atomic E-state index is 0.143. The fourth-order valence-corrected chi connectivity index (χ4v) is 2.99. The summed E-state index contributed by atoms with van der Waals surface area (Å²) < 4.78 is 0. The molecule has 4 nitrogen and oxygen atoms in total. The van der Waals surface area contributed by atoms with Crippen LogP contribution in [0, 0.1) is 0 Å². The van der Waals surface area contributed by atoms with Crippen LogP contribution in [0.15, 0.2) is 24.3 Å². The lowest BCUT2D eigenvalue weighted by molar-refractivity contribution is -0.123. The highest BCUT2D eigenvalue weighted by Crippen LogP contribution is 2.20. The molecule has 0 unspecified atom stereocenters. The standard InChI is InChI=1S/C17H26ClN3O/c1-3-15(4-2)19-17(22)13-20-8-10-21(11-9-20)16-7-5-6-14(18)12-16/h5-7,12,15H,3-4,8-11,13H2,1-2H3,(H,19,22). The summed E-state index contributed by atoms with van der Waals surface area (Å²) in [4.78, 5) is 16.6. The predicted molar refractivity (Wildman–Crippen MR) is 92.6 cm³/mol. The molecule has 1 fully saturated rings. The molecule has 1 aliphatic heterocycles. The largest absolute Gasteiger partial charge is 0.369 e. The molecule has 1 aromatic rings. The van der Waals surface area contributed by atoms with E-state index in [0.717, 1.165) is 49.7 Å². The van der Waals surface area contributed by atoms with Crippen LogP contribution in [-0.4, -0.2) is 49.6 Å². The number of hydrogen-bond donors (Lipinski definition) is 1. The topological polar surface area (TPSA) is 35.6 Å². The summed E-state index contributed by atoms with van der Waals surface area (Å²) in [7, 11) is 0. The third kappa shape index (κ3) is 4.89. The average molecular weight is 324 g/mol. The highest BCUT2D eigenvalue weighted by atomic mass is 35.5. The zero-order valence-corrected chi connectivity index (χ0v) is 14.3. The Morgan fingerprint density at radius 1 is 1.23 bits per heavy atom. The fourth-order valence-electron chi connectivity index (χ4n) is 2.81. The van der Waals surface area contributed by atoms with Crippen molar-refractivity contribution in [3.63, 3.8) is 0 Å². The Labute approximate surface area is 138 Å². The number of carbonyl (C=O) groups excluding carboxylic acids is 1. The molecule has 0 radical (unpaired) electrons. The van der Waals surface area contributed by atoms with E-state index in [-0.39, 0.29) is 5.91 Å². The monoisotopic (exact) mass is 323 g/mol. The van der Waals surface area contributed by atoms with Crippen LogP contribution in [0.25, 0.3) is 0 Å². The van der Waals surface area contributed by atoms with Crippen molar-refractivity contribution >= 4 is 23.2 Å². The van der Waals surface area contributed by atoms with E-state index in [1.165, 1.54) is 0 Å². The van der Waals surface area contributed by atoms with E-state index in [9.17, 15) is 4.79 Å². The number of piperazine rings is 1. The van der Waals surface area contributed by atoms with Gasteiger partial charge >= 0.3 is 0 Å². The zero-order valence-electron chi connectivity index (χ0n) is 13.5. The first kappa shape index (κ1) is 17.1. The molecule has 0 atom stereocenters. The van der Waals surface area contributed by atoms with E-state index < -0.39 is 0 Å². The number of benzene rings is 1. The highest BCUT2D eigenvalue weighted by molar-refractivity contribution is 6.30. The van der Waals surface area contributed by atoms with Crippen LogP contribution in [0.5, 0.6) is 0 Å². The molecule has 1 aliphatic rings. The first-order chi connectivity index (χ1) is 10.6. The molecule has 0 spiro atoms. The molecule has 0 aliphatic carbocycles. The van der Waals surface area contributed by atoms with Gasteiger partial charge in [-0.05, 0) is 31.0 Å². The van der Waals surface area contributed by atoms with Gasteiger partial charge in [0, 0.05) is 42.9 Å². The van der Waals surface area contributed by atoms with Gasteiger partial charge in [-0.1, -0.05) is 31.5 Å². The van der Waals surface area contributed by atoms with Crippen molar-refractivity contribution in [2.75, 3.05) is 37.6 Å². The summed E-state index contributed by atoms with van der Waals surface area (Å²) in [5.41, 5.74) is 1.16. The van der Waals surface area contributed by atoms with Gasteiger partial charge in [0.1, 0.15) is 0 Å². The minimum Gasteiger partial charge on any atom is -0.369 e. The predicted octanol–water partition coefficient (Wildman–Crippen LogP) is 2.77. The molecule has 0 saturated carbocycles. The number of nitrogens with one attached hydrogen (secondary N) is 1. The van der Waals surface area contributed by atoms with Gasteiger partial charge in [0.25, 0.3) is 0 Å². The molecule has 2 rings (SSSR count). The van der Waals surface area contributed by atoms with Gasteiger partial charge in [-0.2, -0.15) is 0 Å². The summed E-state index contributed by atoms with van der Waals surface area (Å²) >= 11 is 6.05. The number of amides is 1. The van der Waals surface area contributed by atoms with E-state index in [4.69, 9.17) is 11.6 Å². The molecule has 1 aromatic carbocycles. The van der Waals surface area contributed by atoms with Crippen molar-refractivity contribution < 1.29 is 4.79 Å². The van der Waals surface area contributed by atoms with Crippen molar-refractivity contribution in [1.82, 2.24) is 10.2 Å². The molecule has 5 heteroatoms. The van der Waals surface area contributed by atoms with E-state index >= 15 is 0 Å². The molecule has 1 amide bonds. The van der Waals surface area contributed by atoms with Crippen molar-refractivity contribution in [2.45, 2.75) is 32.7 Å². The molecule has 0 bridgehead atoms. The maximum atomic E-state index is 12.1. The number of rotatable bonds is 6. The summed E-state index contributed by atoms with van der Waals surface area (Å²) in [6.07, 6.45) is 1.98. The number of anilines is 1. The summed E-state index contributed by atoms with van der Waals surface area (Å²) in [6, 6.07) is 8.26. The Balaban J connectivity index is 1.78. The molecule has 22 heavy (non-hydrogen) atoms. The Bertz CT molecular complexity index is 483. The van der Waals surface area contributed by atoms with Gasteiger partial charge in [0.05, 0.1) is 6.54 Å². The SMILES string of the molecule is CCC(CC)NC(=O)CN1CCN(c2cccc(Cl)c2)CC1. The number of halogens is 1. The zero-order chi connectivity index (χ0) is 15.9. The van der Waals surface area contributed by atoms with Crippen LogP contribution in [0.3, 0.4) is 0 Å². The highest BCUT2D eigenvalue weighted by Gasteiger charge is 2.20. The number of hydrogen-bond acceptors (Lipinski definition) is 3. The van der Waals surface area contributed by atoms with Crippen molar-refractivity contribution in [1.29, 1.82) is 0 Å². The lowest BCUT2D eigenvalue weighted by Crippen LogP contribution is -2.50. The van der Waals surface area contributed by atoms with E-state index in [0.29, 0.717) is 12.6 Å². The maximum absolute atomic E-state index is 12.1. The van der Waals surface area contributed by atoms with Gasteiger partial charge in [-0.25, -0.2) is 0 Å². The smallest absolute Gasteiger partial charge is 0.234 e. The molecule has 0 aromatic heterocycles. The lowest BCUT2D eigenvalue weighted by Gasteiger charge is -2.36. The van der Waals surface area contributed by atoms with Gasteiger partial charge in [0.2, 0.25) is 5.91 Å². The Hall–Kier alpha value is -1.26. The number of nitrogens with zero attached hydrogens (tertiary/aromatic N) is 2. The Kier molecular flexibility index (Phi) is 6.52. The summed E-state index contributed by atoms with van der Waals surface area (Å²) in [5, 5.41) is 3.87. The summed E-state index contributed by atoms with van der Waals surface area (Å²) in [5.74, 6) is 0.143. The summed E-state index contributed by atoms with van der Waals surface area (Å²) in [6.45, 7) is 8.39. The van der Waals surface area contributed by atoms with Crippen LogP contribution in [0.2, 0.25) is 5.02 Å². The van der Waals surface area contributed by atoms with E-state index in [1.807, 2.05) is 18.2 Å². The van der Waals surface area contributed by atoms with Crippen molar-refractivity contribution in [2.24, 2.45) is 0 Å². The molecule has 1 saturated heterocycles. The number of carbonyl (C=O) groups is 1. The fraction of sp³-hybridized carbons (Fsp3) is 0.588. The van der Waals surface area contributed by atoms with Crippen LogP contribution in [0.1, 0.15) is 26.7 Å². The van der Waals surface area contributed by atoms with Crippen molar-refractivity contribution in [3.05, 3.63) is 29.3 Å². The molecule has 1 N–H and O–H groups in total. The van der Waals surface area contributed by atoms with Gasteiger partial charge in [-0.15, -0.1) is 0 Å². The van der Waals surface area contributed by atoms with Gasteiger partial charge < -0.3 is 10.2 Å². The van der Waals surface area contributed by atoms with E-state index in [1.54, 1.807) is 0 Å². The second-order valence-corrected chi connectivity index (χ2v) is 6.26. The van der Waals surface area contributed by atoms with Gasteiger partial charge in [-0.3, -0.25) is 9.69 Å². The lowest BCUT2D eigenvalue weighted by atomic mass is 10.2. The minimum atomic E-state index is 0.143. The third-order valence-electron chi connectivity index (χ3n) is 4.26. The maximum Gasteiger partial charge on any atom is 0.234 e. The average Bonchev–Trinajstić information content (AvgIpc) is 2.53. The molecule has 122 valence electrons. The third-order valence-corrected chi connectivity index (χ3v) is 4.50. The second-order valence-electron chi connectivity index (χ2n) is 5.82. The van der Waals surface area contributed by atoms with Crippen molar-refractivity contribution in [3.8, 4) is 0 Å². The molecular weight excluding hydrogens is 298 g/mol. The molecule has 1 heterocycles. The second kappa shape index (κ2) is 8.39. The normalized spacial score (nSPS) is 16.1.